The number of benzene rings is 1. The van der Waals surface area contributed by atoms with Gasteiger partial charge in [-0.1, -0.05) is 23.2 Å². The van der Waals surface area contributed by atoms with Gasteiger partial charge in [0.05, 0.1) is 22.6 Å². The molecule has 0 saturated carbocycles. The van der Waals surface area contributed by atoms with Crippen molar-refractivity contribution in [3.63, 3.8) is 0 Å². The number of carbonyl (C=O) groups excluding carboxylic acids is 1. The molecule has 0 aromatic heterocycles. The molecule has 1 heterocycles. The van der Waals surface area contributed by atoms with E-state index in [2.05, 4.69) is 4.90 Å². The highest BCUT2D eigenvalue weighted by atomic mass is 35.5. The molecule has 0 atom stereocenters. The molecular weight excluding hydrogens is 285 g/mol. The maximum absolute atomic E-state index is 11.7. The zero-order valence-corrected chi connectivity index (χ0v) is 12.4. The molecule has 1 fully saturated rings. The fraction of sp³-hybridized carbons (Fsp3) is 0.500. The first-order valence-corrected chi connectivity index (χ1v) is 7.24. The van der Waals surface area contributed by atoms with Crippen molar-refractivity contribution in [2.24, 2.45) is 5.92 Å². The average molecular weight is 302 g/mol. The number of nitrogens with zero attached hydrogens (tertiary/aromatic N) is 1. The minimum atomic E-state index is -0.0729. The van der Waals surface area contributed by atoms with Crippen LogP contribution >= 0.6 is 23.2 Å². The van der Waals surface area contributed by atoms with E-state index in [0.29, 0.717) is 16.7 Å². The Labute approximate surface area is 123 Å². The molecule has 1 aromatic carbocycles. The number of carbonyl (C=O) groups is 1. The highest BCUT2D eigenvalue weighted by molar-refractivity contribution is 6.42. The minimum absolute atomic E-state index is 0.0268. The highest BCUT2D eigenvalue weighted by Crippen LogP contribution is 2.30. The van der Waals surface area contributed by atoms with Gasteiger partial charge in [-0.2, -0.15) is 0 Å². The van der Waals surface area contributed by atoms with Crippen LogP contribution in [0.1, 0.15) is 19.8 Å². The lowest BCUT2D eigenvalue weighted by Crippen LogP contribution is -2.36. The van der Waals surface area contributed by atoms with Crippen LogP contribution < -0.4 is 4.90 Å². The monoisotopic (exact) mass is 301 g/mol. The molecule has 0 N–H and O–H groups in total. The summed E-state index contributed by atoms with van der Waals surface area (Å²) in [5, 5.41) is 1.12. The van der Waals surface area contributed by atoms with Gasteiger partial charge in [-0.15, -0.1) is 0 Å². The van der Waals surface area contributed by atoms with Crippen LogP contribution in [0.3, 0.4) is 0 Å². The Morgan fingerprint density at radius 2 is 2.00 bits per heavy atom. The predicted octanol–water partition coefficient (Wildman–Crippen LogP) is 3.77. The number of ether oxygens (including phenoxy) is 1. The van der Waals surface area contributed by atoms with E-state index in [4.69, 9.17) is 27.9 Å². The third-order valence-corrected chi connectivity index (χ3v) is 4.12. The van der Waals surface area contributed by atoms with Gasteiger partial charge in [-0.05, 0) is 38.0 Å². The molecular formula is C14H17Cl2NO2. The van der Waals surface area contributed by atoms with E-state index in [-0.39, 0.29) is 11.9 Å². The van der Waals surface area contributed by atoms with Crippen molar-refractivity contribution in [1.29, 1.82) is 0 Å². The van der Waals surface area contributed by atoms with Crippen molar-refractivity contribution in [2.75, 3.05) is 24.6 Å². The summed E-state index contributed by atoms with van der Waals surface area (Å²) in [6, 6.07) is 5.63. The molecule has 0 aliphatic carbocycles. The standard InChI is InChI=1S/C14H17Cl2NO2/c1-2-19-14(18)10-5-7-17(8-6-10)11-3-4-12(15)13(16)9-11/h3-4,9-10H,2,5-8H2,1H3. The van der Waals surface area contributed by atoms with Gasteiger partial charge in [0.2, 0.25) is 0 Å². The molecule has 1 aliphatic rings. The summed E-state index contributed by atoms with van der Waals surface area (Å²) in [7, 11) is 0. The molecule has 1 saturated heterocycles. The van der Waals surface area contributed by atoms with E-state index < -0.39 is 0 Å². The summed E-state index contributed by atoms with van der Waals surface area (Å²) in [6.07, 6.45) is 1.64. The third-order valence-electron chi connectivity index (χ3n) is 3.38. The Kier molecular flexibility index (Phi) is 4.94. The van der Waals surface area contributed by atoms with Gasteiger partial charge in [0.25, 0.3) is 0 Å². The van der Waals surface area contributed by atoms with Crippen molar-refractivity contribution in [3.05, 3.63) is 28.2 Å². The molecule has 0 radical (unpaired) electrons. The molecule has 1 aliphatic heterocycles. The third kappa shape index (κ3) is 3.54. The van der Waals surface area contributed by atoms with Gasteiger partial charge in [0.1, 0.15) is 0 Å². The molecule has 1 aromatic rings. The molecule has 2 rings (SSSR count). The Balaban J connectivity index is 1.96. The number of hydrogen-bond donors (Lipinski definition) is 0. The Morgan fingerprint density at radius 3 is 2.58 bits per heavy atom. The Morgan fingerprint density at radius 1 is 1.32 bits per heavy atom. The van der Waals surface area contributed by atoms with Crippen molar-refractivity contribution in [3.8, 4) is 0 Å². The summed E-state index contributed by atoms with van der Waals surface area (Å²) in [4.78, 5) is 13.9. The summed E-state index contributed by atoms with van der Waals surface area (Å²) in [5.41, 5.74) is 1.05. The lowest BCUT2D eigenvalue weighted by atomic mass is 9.96. The zero-order valence-electron chi connectivity index (χ0n) is 10.9. The predicted molar refractivity (Wildman–Crippen MR) is 78.0 cm³/mol. The van der Waals surface area contributed by atoms with Crippen molar-refractivity contribution in [1.82, 2.24) is 0 Å². The number of esters is 1. The van der Waals surface area contributed by atoms with Crippen molar-refractivity contribution in [2.45, 2.75) is 19.8 Å². The fourth-order valence-electron chi connectivity index (χ4n) is 2.32. The molecule has 0 spiro atoms. The van der Waals surface area contributed by atoms with E-state index in [9.17, 15) is 4.79 Å². The smallest absolute Gasteiger partial charge is 0.309 e. The van der Waals surface area contributed by atoms with Crippen LogP contribution in [0.15, 0.2) is 18.2 Å². The summed E-state index contributed by atoms with van der Waals surface area (Å²) >= 11 is 11.9. The second-order valence-corrected chi connectivity index (χ2v) is 5.43. The van der Waals surface area contributed by atoms with E-state index in [1.165, 1.54) is 0 Å². The van der Waals surface area contributed by atoms with E-state index >= 15 is 0 Å². The van der Waals surface area contributed by atoms with Gasteiger partial charge in [0.15, 0.2) is 0 Å². The highest BCUT2D eigenvalue weighted by Gasteiger charge is 2.26. The number of anilines is 1. The Bertz CT molecular complexity index is 457. The van der Waals surface area contributed by atoms with Crippen LogP contribution in [-0.4, -0.2) is 25.7 Å². The summed E-state index contributed by atoms with van der Waals surface area (Å²) < 4.78 is 5.06. The van der Waals surface area contributed by atoms with Crippen molar-refractivity contribution < 1.29 is 9.53 Å². The van der Waals surface area contributed by atoms with Gasteiger partial charge < -0.3 is 9.64 Å². The summed E-state index contributed by atoms with van der Waals surface area (Å²) in [6.45, 7) is 3.96. The second kappa shape index (κ2) is 6.49. The molecule has 5 heteroatoms. The van der Waals surface area contributed by atoms with Crippen LogP contribution in [0.4, 0.5) is 5.69 Å². The van der Waals surface area contributed by atoms with Crippen LogP contribution in [0.25, 0.3) is 0 Å². The fourth-order valence-corrected chi connectivity index (χ4v) is 2.61. The normalized spacial score (nSPS) is 16.5. The first kappa shape index (κ1) is 14.5. The van der Waals surface area contributed by atoms with Gasteiger partial charge in [-0.25, -0.2) is 0 Å². The van der Waals surface area contributed by atoms with Crippen LogP contribution in [-0.2, 0) is 9.53 Å². The minimum Gasteiger partial charge on any atom is -0.466 e. The van der Waals surface area contributed by atoms with Crippen LogP contribution in [0.2, 0.25) is 10.0 Å². The Hall–Kier alpha value is -0.930. The van der Waals surface area contributed by atoms with Crippen LogP contribution in [0, 0.1) is 5.92 Å². The van der Waals surface area contributed by atoms with E-state index in [0.717, 1.165) is 31.6 Å². The molecule has 0 unspecified atom stereocenters. The molecule has 104 valence electrons. The van der Waals surface area contributed by atoms with E-state index in [1.54, 1.807) is 6.07 Å². The van der Waals surface area contributed by atoms with Gasteiger partial charge in [-0.3, -0.25) is 4.79 Å². The second-order valence-electron chi connectivity index (χ2n) is 4.61. The van der Waals surface area contributed by atoms with Gasteiger partial charge >= 0.3 is 5.97 Å². The number of halogens is 2. The molecule has 19 heavy (non-hydrogen) atoms. The molecule has 0 amide bonds. The van der Waals surface area contributed by atoms with Gasteiger partial charge in [0, 0.05) is 18.8 Å². The number of rotatable bonds is 3. The first-order valence-electron chi connectivity index (χ1n) is 6.48. The van der Waals surface area contributed by atoms with Crippen molar-refractivity contribution >= 4 is 34.9 Å². The largest absolute Gasteiger partial charge is 0.466 e. The molecule has 3 nitrogen and oxygen atoms in total. The van der Waals surface area contributed by atoms with Crippen LogP contribution in [0.5, 0.6) is 0 Å². The quantitative estimate of drug-likeness (QED) is 0.796. The van der Waals surface area contributed by atoms with E-state index in [1.807, 2.05) is 19.1 Å². The first-order chi connectivity index (χ1) is 9.11. The topological polar surface area (TPSA) is 29.5 Å². The number of piperidine rings is 1. The SMILES string of the molecule is CCOC(=O)C1CCN(c2ccc(Cl)c(Cl)c2)CC1. The number of hydrogen-bond acceptors (Lipinski definition) is 3. The lowest BCUT2D eigenvalue weighted by molar-refractivity contribution is -0.148. The zero-order chi connectivity index (χ0) is 13.8. The molecule has 0 bridgehead atoms. The average Bonchev–Trinajstić information content (AvgIpc) is 2.42. The lowest BCUT2D eigenvalue weighted by Gasteiger charge is -2.32. The maximum Gasteiger partial charge on any atom is 0.309 e. The summed E-state index contributed by atoms with van der Waals surface area (Å²) in [5.74, 6) is -0.0461. The maximum atomic E-state index is 11.7.